The standard InChI is InChI=1S/C22H36N2O4S/c1-5-6-7-8-18-9-11-20(12-10-18)29(26,27)23-17-19-13-15-24(16-14-19)21(25)28-22(2,3)4/h9-12,19,23H,5-8,13-17H2,1-4H3. The number of aryl methyl sites for hydroxylation is 1. The molecule has 0 aromatic heterocycles. The first-order valence-electron chi connectivity index (χ1n) is 10.7. The molecule has 1 aromatic rings. The van der Waals surface area contributed by atoms with E-state index in [1.165, 1.54) is 18.4 Å². The molecule has 1 aromatic carbocycles. The number of rotatable bonds is 8. The average molecular weight is 425 g/mol. The van der Waals surface area contributed by atoms with E-state index in [2.05, 4.69) is 11.6 Å². The first-order chi connectivity index (χ1) is 13.6. The largest absolute Gasteiger partial charge is 0.444 e. The molecule has 0 spiro atoms. The van der Waals surface area contributed by atoms with Gasteiger partial charge >= 0.3 is 6.09 Å². The van der Waals surface area contributed by atoms with Gasteiger partial charge in [0, 0.05) is 19.6 Å². The zero-order valence-electron chi connectivity index (χ0n) is 18.2. The van der Waals surface area contributed by atoms with Gasteiger partial charge in [0.15, 0.2) is 0 Å². The maximum atomic E-state index is 12.6. The maximum Gasteiger partial charge on any atom is 0.410 e. The van der Waals surface area contributed by atoms with Crippen molar-refractivity contribution in [3.63, 3.8) is 0 Å². The Labute approximate surface area is 176 Å². The van der Waals surface area contributed by atoms with E-state index >= 15 is 0 Å². The van der Waals surface area contributed by atoms with Crippen LogP contribution in [-0.2, 0) is 21.2 Å². The molecule has 1 aliphatic rings. The van der Waals surface area contributed by atoms with Crippen molar-refractivity contribution in [1.82, 2.24) is 9.62 Å². The summed E-state index contributed by atoms with van der Waals surface area (Å²) in [4.78, 5) is 14.1. The van der Waals surface area contributed by atoms with Crippen LogP contribution in [0.1, 0.15) is 65.4 Å². The summed E-state index contributed by atoms with van der Waals surface area (Å²) in [7, 11) is -3.51. The molecule has 0 aliphatic carbocycles. The Balaban J connectivity index is 1.80. The number of hydrogen-bond acceptors (Lipinski definition) is 4. The minimum atomic E-state index is -3.51. The highest BCUT2D eigenvalue weighted by Crippen LogP contribution is 2.20. The number of benzene rings is 1. The SMILES string of the molecule is CCCCCc1ccc(S(=O)(=O)NCC2CCN(C(=O)OC(C)(C)C)CC2)cc1. The second-order valence-corrected chi connectivity index (χ2v) is 10.6. The lowest BCUT2D eigenvalue weighted by Gasteiger charge is -2.33. The number of amides is 1. The molecule has 0 radical (unpaired) electrons. The van der Waals surface area contributed by atoms with Gasteiger partial charge in [-0.25, -0.2) is 17.9 Å². The molecule has 1 aliphatic heterocycles. The lowest BCUT2D eigenvalue weighted by Crippen LogP contribution is -2.43. The summed E-state index contributed by atoms with van der Waals surface area (Å²) >= 11 is 0. The molecule has 1 amide bonds. The second-order valence-electron chi connectivity index (χ2n) is 8.86. The van der Waals surface area contributed by atoms with Gasteiger partial charge in [-0.05, 0) is 70.1 Å². The fraction of sp³-hybridized carbons (Fsp3) is 0.682. The smallest absolute Gasteiger partial charge is 0.410 e. The normalized spacial score (nSPS) is 16.1. The van der Waals surface area contributed by atoms with Crippen LogP contribution < -0.4 is 4.72 Å². The van der Waals surface area contributed by atoms with Crippen LogP contribution in [0.2, 0.25) is 0 Å². The van der Waals surface area contributed by atoms with Crippen LogP contribution in [0.3, 0.4) is 0 Å². The van der Waals surface area contributed by atoms with Crippen molar-refractivity contribution >= 4 is 16.1 Å². The van der Waals surface area contributed by atoms with Crippen molar-refractivity contribution in [2.24, 2.45) is 5.92 Å². The van der Waals surface area contributed by atoms with E-state index in [0.717, 1.165) is 25.7 Å². The molecular formula is C22H36N2O4S. The summed E-state index contributed by atoms with van der Waals surface area (Å²) < 4.78 is 33.3. The number of sulfonamides is 1. The van der Waals surface area contributed by atoms with Gasteiger partial charge in [-0.15, -0.1) is 0 Å². The first kappa shape index (κ1) is 23.7. The molecule has 1 fully saturated rings. The van der Waals surface area contributed by atoms with Gasteiger partial charge in [0.2, 0.25) is 10.0 Å². The summed E-state index contributed by atoms with van der Waals surface area (Å²) in [5.74, 6) is 0.219. The highest BCUT2D eigenvalue weighted by molar-refractivity contribution is 7.89. The van der Waals surface area contributed by atoms with Crippen LogP contribution in [0.15, 0.2) is 29.2 Å². The van der Waals surface area contributed by atoms with Crippen molar-refractivity contribution in [3.8, 4) is 0 Å². The van der Waals surface area contributed by atoms with Crippen molar-refractivity contribution in [2.75, 3.05) is 19.6 Å². The molecule has 0 saturated carbocycles. The molecule has 6 nitrogen and oxygen atoms in total. The summed E-state index contributed by atoms with van der Waals surface area (Å²) in [5.41, 5.74) is 0.668. The summed E-state index contributed by atoms with van der Waals surface area (Å²) in [5, 5.41) is 0. The molecule has 7 heteroatoms. The van der Waals surface area contributed by atoms with Crippen LogP contribution in [-0.4, -0.2) is 44.6 Å². The number of ether oxygens (including phenoxy) is 1. The topological polar surface area (TPSA) is 75.7 Å². The summed E-state index contributed by atoms with van der Waals surface area (Å²) in [6, 6.07) is 7.19. The third-order valence-corrected chi connectivity index (χ3v) is 6.57. The molecule has 1 heterocycles. The number of piperidine rings is 1. The van der Waals surface area contributed by atoms with Gasteiger partial charge in [0.1, 0.15) is 5.60 Å². The number of hydrogen-bond donors (Lipinski definition) is 1. The molecule has 1 N–H and O–H groups in total. The number of nitrogens with one attached hydrogen (secondary N) is 1. The Kier molecular flexibility index (Phi) is 8.52. The van der Waals surface area contributed by atoms with E-state index in [9.17, 15) is 13.2 Å². The zero-order valence-corrected chi connectivity index (χ0v) is 19.1. The predicted molar refractivity (Wildman–Crippen MR) is 115 cm³/mol. The van der Waals surface area contributed by atoms with Gasteiger partial charge in [0.25, 0.3) is 0 Å². The fourth-order valence-corrected chi connectivity index (χ4v) is 4.49. The fourth-order valence-electron chi connectivity index (χ4n) is 3.37. The Morgan fingerprint density at radius 3 is 2.31 bits per heavy atom. The average Bonchev–Trinajstić information content (AvgIpc) is 2.66. The van der Waals surface area contributed by atoms with E-state index < -0.39 is 15.6 Å². The van der Waals surface area contributed by atoms with Gasteiger partial charge in [-0.1, -0.05) is 31.9 Å². The quantitative estimate of drug-likeness (QED) is 0.630. The molecule has 29 heavy (non-hydrogen) atoms. The third kappa shape index (κ3) is 7.97. The number of unbranched alkanes of at least 4 members (excludes halogenated alkanes) is 2. The second kappa shape index (κ2) is 10.4. The molecule has 0 bridgehead atoms. The van der Waals surface area contributed by atoms with Gasteiger partial charge in [0.05, 0.1) is 4.90 Å². The molecular weight excluding hydrogens is 388 g/mol. The van der Waals surface area contributed by atoms with E-state index in [1.54, 1.807) is 17.0 Å². The lowest BCUT2D eigenvalue weighted by atomic mass is 9.97. The number of nitrogens with zero attached hydrogens (tertiary/aromatic N) is 1. The molecule has 164 valence electrons. The predicted octanol–water partition coefficient (Wildman–Crippen LogP) is 4.34. The van der Waals surface area contributed by atoms with Crippen LogP contribution in [0.25, 0.3) is 0 Å². The van der Waals surface area contributed by atoms with E-state index in [4.69, 9.17) is 4.74 Å². The van der Waals surface area contributed by atoms with Gasteiger partial charge < -0.3 is 9.64 Å². The molecule has 2 rings (SSSR count). The van der Waals surface area contributed by atoms with Gasteiger partial charge in [-0.3, -0.25) is 0 Å². The summed E-state index contributed by atoms with van der Waals surface area (Å²) in [6.07, 6.45) is 5.70. The Morgan fingerprint density at radius 2 is 1.76 bits per heavy atom. The third-order valence-electron chi connectivity index (χ3n) is 5.13. The van der Waals surface area contributed by atoms with Crippen molar-refractivity contribution < 1.29 is 17.9 Å². The van der Waals surface area contributed by atoms with Crippen LogP contribution in [0.5, 0.6) is 0 Å². The Bertz CT molecular complexity index is 746. The zero-order chi connectivity index (χ0) is 21.5. The highest BCUT2D eigenvalue weighted by atomic mass is 32.2. The molecule has 0 atom stereocenters. The number of carbonyl (C=O) groups excluding carboxylic acids is 1. The molecule has 0 unspecified atom stereocenters. The Hall–Kier alpha value is -1.60. The van der Waals surface area contributed by atoms with Gasteiger partial charge in [-0.2, -0.15) is 0 Å². The van der Waals surface area contributed by atoms with Crippen molar-refractivity contribution in [3.05, 3.63) is 29.8 Å². The van der Waals surface area contributed by atoms with Crippen LogP contribution >= 0.6 is 0 Å². The van der Waals surface area contributed by atoms with Crippen molar-refractivity contribution in [2.45, 2.75) is 76.7 Å². The summed E-state index contributed by atoms with van der Waals surface area (Å²) in [6.45, 7) is 9.30. The monoisotopic (exact) mass is 424 g/mol. The Morgan fingerprint density at radius 1 is 1.14 bits per heavy atom. The van der Waals surface area contributed by atoms with Crippen molar-refractivity contribution in [1.29, 1.82) is 0 Å². The van der Waals surface area contributed by atoms with E-state index in [1.807, 2.05) is 32.9 Å². The minimum absolute atomic E-state index is 0.219. The van der Waals surface area contributed by atoms with Crippen LogP contribution in [0.4, 0.5) is 4.79 Å². The highest BCUT2D eigenvalue weighted by Gasteiger charge is 2.27. The molecule has 1 saturated heterocycles. The maximum absolute atomic E-state index is 12.6. The lowest BCUT2D eigenvalue weighted by molar-refractivity contribution is 0.0185. The number of likely N-dealkylation sites (tertiary alicyclic amines) is 1. The van der Waals surface area contributed by atoms with E-state index in [-0.39, 0.29) is 12.0 Å². The number of carbonyl (C=O) groups is 1. The minimum Gasteiger partial charge on any atom is -0.444 e. The van der Waals surface area contributed by atoms with Crippen LogP contribution in [0, 0.1) is 5.92 Å². The first-order valence-corrected chi connectivity index (χ1v) is 12.2. The van der Waals surface area contributed by atoms with E-state index in [0.29, 0.717) is 24.5 Å².